The Hall–Kier alpha value is -2.13. The van der Waals surface area contributed by atoms with E-state index in [1.807, 2.05) is 37.3 Å². The van der Waals surface area contributed by atoms with Crippen molar-refractivity contribution in [3.05, 3.63) is 64.7 Å². The largest absolute Gasteiger partial charge is 0.482 e. The van der Waals surface area contributed by atoms with E-state index in [1.54, 1.807) is 22.5 Å². The minimum absolute atomic E-state index is 0.0142. The minimum atomic E-state index is -3.42. The van der Waals surface area contributed by atoms with Crippen LogP contribution in [0.25, 0.3) is 0 Å². The molecule has 1 N–H and O–H groups in total. The lowest BCUT2D eigenvalue weighted by molar-refractivity contribution is -0.139. The van der Waals surface area contributed by atoms with Gasteiger partial charge in [-0.2, -0.15) is 4.31 Å². The van der Waals surface area contributed by atoms with Crippen molar-refractivity contribution in [1.29, 1.82) is 0 Å². The number of nitrogens with zero attached hydrogens (tertiary/aromatic N) is 2. The van der Waals surface area contributed by atoms with Gasteiger partial charge >= 0.3 is 5.97 Å². The molecule has 2 aromatic rings. The number of halogens is 1. The van der Waals surface area contributed by atoms with E-state index in [0.717, 1.165) is 11.1 Å². The van der Waals surface area contributed by atoms with Crippen molar-refractivity contribution in [2.45, 2.75) is 25.3 Å². The predicted octanol–water partition coefficient (Wildman–Crippen LogP) is 2.84. The van der Waals surface area contributed by atoms with Crippen molar-refractivity contribution in [3.63, 3.8) is 0 Å². The van der Waals surface area contributed by atoms with Crippen molar-refractivity contribution in [3.8, 4) is 5.75 Å². The normalized spacial score (nSPS) is 18.3. The molecule has 1 atom stereocenters. The van der Waals surface area contributed by atoms with Gasteiger partial charge in [0.2, 0.25) is 10.0 Å². The van der Waals surface area contributed by atoms with Gasteiger partial charge in [-0.25, -0.2) is 13.2 Å². The third-order valence-corrected chi connectivity index (χ3v) is 7.16. The van der Waals surface area contributed by atoms with Gasteiger partial charge < -0.3 is 9.84 Å². The summed E-state index contributed by atoms with van der Waals surface area (Å²) in [5.41, 5.74) is 1.54. The maximum atomic E-state index is 12.9. The van der Waals surface area contributed by atoms with E-state index in [-0.39, 0.29) is 11.8 Å². The fraction of sp³-hybridized carbons (Fsp3) is 0.381. The fourth-order valence-corrected chi connectivity index (χ4v) is 5.58. The molecule has 9 heteroatoms. The van der Waals surface area contributed by atoms with Crippen LogP contribution in [0.2, 0.25) is 5.02 Å². The Morgan fingerprint density at radius 1 is 1.20 bits per heavy atom. The smallest absolute Gasteiger partial charge is 0.341 e. The zero-order chi connectivity index (χ0) is 21.7. The summed E-state index contributed by atoms with van der Waals surface area (Å²) in [5.74, 6) is -0.602. The van der Waals surface area contributed by atoms with Crippen molar-refractivity contribution in [2.75, 3.05) is 26.2 Å². The average Bonchev–Trinajstić information content (AvgIpc) is 2.67. The van der Waals surface area contributed by atoms with Gasteiger partial charge in [-0.1, -0.05) is 41.9 Å². The second-order valence-corrected chi connectivity index (χ2v) is 9.73. The van der Waals surface area contributed by atoms with Gasteiger partial charge in [-0.05, 0) is 30.7 Å². The van der Waals surface area contributed by atoms with Crippen LogP contribution in [0, 0.1) is 0 Å². The van der Waals surface area contributed by atoms with Crippen LogP contribution in [-0.4, -0.2) is 61.0 Å². The van der Waals surface area contributed by atoms with Gasteiger partial charge in [-0.15, -0.1) is 0 Å². The Balaban J connectivity index is 1.66. The molecule has 1 heterocycles. The number of carboxylic acid groups (broad SMARTS) is 1. The summed E-state index contributed by atoms with van der Waals surface area (Å²) in [5, 5.41) is 9.40. The molecule has 0 radical (unpaired) electrons. The van der Waals surface area contributed by atoms with Crippen LogP contribution in [0.1, 0.15) is 18.1 Å². The molecule has 1 aliphatic heterocycles. The molecule has 0 aromatic heterocycles. The highest BCUT2D eigenvalue weighted by Gasteiger charge is 2.32. The second-order valence-electron chi connectivity index (χ2n) is 7.37. The number of sulfonamides is 1. The number of carbonyl (C=O) groups is 1. The van der Waals surface area contributed by atoms with E-state index in [9.17, 15) is 13.2 Å². The summed E-state index contributed by atoms with van der Waals surface area (Å²) in [6, 6.07) is 14.0. The summed E-state index contributed by atoms with van der Waals surface area (Å²) in [6.45, 7) is 3.46. The summed E-state index contributed by atoms with van der Waals surface area (Å²) in [6.07, 6.45) is 0. The average molecular weight is 453 g/mol. The first kappa shape index (κ1) is 22.6. The topological polar surface area (TPSA) is 87.2 Å². The lowest BCUT2D eigenvalue weighted by atomic mass is 10.1. The van der Waals surface area contributed by atoms with Gasteiger partial charge in [0.25, 0.3) is 0 Å². The number of piperazine rings is 1. The Kier molecular flexibility index (Phi) is 7.36. The number of carboxylic acids is 1. The zero-order valence-corrected chi connectivity index (χ0v) is 18.3. The van der Waals surface area contributed by atoms with Gasteiger partial charge in [0.1, 0.15) is 5.75 Å². The SMILES string of the molecule is C[C@@H]1CN(Cc2cc(Cl)ccc2OCC(=O)O)CCN1S(=O)(=O)Cc1ccccc1. The van der Waals surface area contributed by atoms with Crippen LogP contribution in [0.3, 0.4) is 0 Å². The third-order valence-electron chi connectivity index (χ3n) is 4.97. The first-order valence-corrected chi connectivity index (χ1v) is 11.6. The van der Waals surface area contributed by atoms with E-state index in [1.165, 1.54) is 0 Å². The second kappa shape index (κ2) is 9.78. The quantitative estimate of drug-likeness (QED) is 0.662. The minimum Gasteiger partial charge on any atom is -0.482 e. The molecule has 0 aliphatic carbocycles. The first-order valence-electron chi connectivity index (χ1n) is 9.63. The van der Waals surface area contributed by atoms with Crippen molar-refractivity contribution in [2.24, 2.45) is 0 Å². The summed E-state index contributed by atoms with van der Waals surface area (Å²) in [4.78, 5) is 12.9. The molecule has 0 amide bonds. The molecular formula is C21H25ClN2O5S. The lowest BCUT2D eigenvalue weighted by Crippen LogP contribution is -2.53. The Labute approximate surface area is 181 Å². The lowest BCUT2D eigenvalue weighted by Gasteiger charge is -2.39. The summed E-state index contributed by atoms with van der Waals surface area (Å²) in [7, 11) is -3.42. The van der Waals surface area contributed by atoms with Crippen LogP contribution < -0.4 is 4.74 Å². The Morgan fingerprint density at radius 3 is 2.60 bits per heavy atom. The van der Waals surface area contributed by atoms with E-state index in [2.05, 4.69) is 4.90 Å². The number of hydrogen-bond donors (Lipinski definition) is 1. The maximum Gasteiger partial charge on any atom is 0.341 e. The molecule has 7 nitrogen and oxygen atoms in total. The van der Waals surface area contributed by atoms with Crippen LogP contribution in [0.5, 0.6) is 5.75 Å². The molecule has 0 spiro atoms. The zero-order valence-electron chi connectivity index (χ0n) is 16.7. The highest BCUT2D eigenvalue weighted by Crippen LogP contribution is 2.26. The van der Waals surface area contributed by atoms with E-state index in [4.69, 9.17) is 21.4 Å². The van der Waals surface area contributed by atoms with Crippen LogP contribution in [0.4, 0.5) is 0 Å². The van der Waals surface area contributed by atoms with Crippen LogP contribution >= 0.6 is 11.6 Å². The van der Waals surface area contributed by atoms with E-state index < -0.39 is 22.6 Å². The van der Waals surface area contributed by atoms with Gasteiger partial charge in [0, 0.05) is 42.8 Å². The number of rotatable bonds is 8. The summed E-state index contributed by atoms with van der Waals surface area (Å²) >= 11 is 6.11. The number of ether oxygens (including phenoxy) is 1. The van der Waals surface area contributed by atoms with Gasteiger partial charge in [-0.3, -0.25) is 4.90 Å². The van der Waals surface area contributed by atoms with Crippen LogP contribution in [0.15, 0.2) is 48.5 Å². The predicted molar refractivity (Wildman–Crippen MR) is 115 cm³/mol. The molecule has 1 fully saturated rings. The maximum absolute atomic E-state index is 12.9. The molecule has 3 rings (SSSR count). The van der Waals surface area contributed by atoms with Crippen molar-refractivity contribution < 1.29 is 23.1 Å². The van der Waals surface area contributed by atoms with E-state index >= 15 is 0 Å². The molecule has 2 aromatic carbocycles. The van der Waals surface area contributed by atoms with Gasteiger partial charge in [0.05, 0.1) is 5.75 Å². The molecule has 0 bridgehead atoms. The monoisotopic (exact) mass is 452 g/mol. The molecule has 30 heavy (non-hydrogen) atoms. The van der Waals surface area contributed by atoms with Crippen LogP contribution in [-0.2, 0) is 27.1 Å². The number of benzene rings is 2. The first-order chi connectivity index (χ1) is 14.2. The van der Waals surface area contributed by atoms with Crippen molar-refractivity contribution >= 4 is 27.6 Å². The van der Waals surface area contributed by atoms with Gasteiger partial charge in [0.15, 0.2) is 6.61 Å². The Bertz CT molecular complexity index is 984. The number of aliphatic carboxylic acids is 1. The Morgan fingerprint density at radius 2 is 1.93 bits per heavy atom. The highest BCUT2D eigenvalue weighted by molar-refractivity contribution is 7.88. The highest BCUT2D eigenvalue weighted by atomic mass is 35.5. The standard InChI is InChI=1S/C21H25ClN2O5S/c1-16-12-23(13-18-11-19(22)7-8-20(18)29-14-21(25)26)9-10-24(16)30(27,28)15-17-5-3-2-4-6-17/h2-8,11,16H,9-10,12-15H2,1H3,(H,25,26)/t16-/m1/s1. The molecule has 1 aliphatic rings. The number of hydrogen-bond acceptors (Lipinski definition) is 5. The summed E-state index contributed by atoms with van der Waals surface area (Å²) < 4.78 is 32.7. The molecule has 162 valence electrons. The van der Waals surface area contributed by atoms with Crippen molar-refractivity contribution in [1.82, 2.24) is 9.21 Å². The molecular weight excluding hydrogens is 428 g/mol. The van der Waals surface area contributed by atoms with E-state index in [0.29, 0.717) is 37.0 Å². The third kappa shape index (κ3) is 5.95. The molecule has 0 saturated carbocycles. The molecule has 1 saturated heterocycles. The fourth-order valence-electron chi connectivity index (χ4n) is 3.63. The molecule has 0 unspecified atom stereocenters.